The number of halogens is 3. The zero-order valence-corrected chi connectivity index (χ0v) is 17.4. The van der Waals surface area contributed by atoms with E-state index < -0.39 is 34.7 Å². The van der Waals surface area contributed by atoms with Gasteiger partial charge in [0.05, 0.1) is 5.02 Å². The van der Waals surface area contributed by atoms with E-state index >= 15 is 4.39 Å². The van der Waals surface area contributed by atoms with Crippen molar-refractivity contribution < 1.29 is 19.1 Å². The lowest BCUT2D eigenvalue weighted by molar-refractivity contribution is -0.139. The first-order valence-electron chi connectivity index (χ1n) is 9.88. The van der Waals surface area contributed by atoms with Gasteiger partial charge < -0.3 is 10.4 Å². The summed E-state index contributed by atoms with van der Waals surface area (Å²) in [6, 6.07) is 8.48. The van der Waals surface area contributed by atoms with Gasteiger partial charge in [-0.25, -0.2) is 4.39 Å². The van der Waals surface area contributed by atoms with Crippen LogP contribution in [0.15, 0.2) is 36.4 Å². The van der Waals surface area contributed by atoms with E-state index in [4.69, 9.17) is 23.2 Å². The van der Waals surface area contributed by atoms with Crippen LogP contribution in [0, 0.1) is 5.82 Å². The smallest absolute Gasteiger partial charge is 0.321 e. The van der Waals surface area contributed by atoms with Gasteiger partial charge in [-0.2, -0.15) is 0 Å². The van der Waals surface area contributed by atoms with Crippen LogP contribution in [0.3, 0.4) is 0 Å². The van der Waals surface area contributed by atoms with Crippen LogP contribution in [-0.4, -0.2) is 28.6 Å². The predicted octanol–water partition coefficient (Wildman–Crippen LogP) is 4.48. The van der Waals surface area contributed by atoms with Crippen LogP contribution in [0.5, 0.6) is 0 Å². The van der Waals surface area contributed by atoms with Gasteiger partial charge in [-0.1, -0.05) is 54.2 Å². The number of carbonyl (C=O) groups is 2. The molecule has 0 aromatic heterocycles. The Hall–Kier alpha value is -2.15. The average molecular weight is 449 g/mol. The van der Waals surface area contributed by atoms with E-state index in [0.29, 0.717) is 29.1 Å². The lowest BCUT2D eigenvalue weighted by Crippen LogP contribution is -2.57. The molecule has 3 atom stereocenters. The van der Waals surface area contributed by atoms with Gasteiger partial charge in [-0.3, -0.25) is 14.9 Å². The molecule has 1 aliphatic carbocycles. The summed E-state index contributed by atoms with van der Waals surface area (Å²) in [6.45, 7) is 0. The van der Waals surface area contributed by atoms with E-state index in [-0.39, 0.29) is 16.5 Å². The van der Waals surface area contributed by atoms with Crippen molar-refractivity contribution in [1.82, 2.24) is 5.32 Å². The van der Waals surface area contributed by atoms with E-state index in [1.807, 2.05) is 0 Å². The molecule has 3 aliphatic rings. The summed E-state index contributed by atoms with van der Waals surface area (Å²) in [5.74, 6) is -3.13. The number of carboxylic acids is 1. The Bertz CT molecular complexity index is 1090. The van der Waals surface area contributed by atoms with Crippen molar-refractivity contribution >= 4 is 40.8 Å². The van der Waals surface area contributed by atoms with Gasteiger partial charge in [0.1, 0.15) is 17.3 Å². The van der Waals surface area contributed by atoms with Crippen molar-refractivity contribution in [3.8, 4) is 0 Å². The first-order chi connectivity index (χ1) is 14.3. The molecule has 1 saturated heterocycles. The molecule has 5 nitrogen and oxygen atoms in total. The third-order valence-electron chi connectivity index (χ3n) is 7.04. The van der Waals surface area contributed by atoms with Crippen molar-refractivity contribution in [2.75, 3.05) is 5.32 Å². The fourth-order valence-corrected chi connectivity index (χ4v) is 6.38. The molecule has 3 N–H and O–H groups in total. The molecule has 2 aromatic rings. The standard InChI is InChI=1S/C22H19Cl2FN2O3/c23-11-6-7-13-15(10-11)26-20(30)22(13)16(12-4-3-5-14(24)17(12)25)18(19(28)29)27-21(22)8-1-2-9-21/h3-7,10,16,18,27H,1-2,8-9H2,(H,26,30)(H,28,29)/t16-,18+,22+/m0/s1. The minimum Gasteiger partial charge on any atom is -0.480 e. The highest BCUT2D eigenvalue weighted by Gasteiger charge is 2.73. The van der Waals surface area contributed by atoms with Crippen LogP contribution in [0.2, 0.25) is 10.0 Å². The number of benzene rings is 2. The van der Waals surface area contributed by atoms with E-state index in [2.05, 4.69) is 10.6 Å². The molecular formula is C22H19Cl2FN2O3. The van der Waals surface area contributed by atoms with Crippen LogP contribution in [0.4, 0.5) is 10.1 Å². The van der Waals surface area contributed by atoms with Crippen LogP contribution >= 0.6 is 23.2 Å². The second-order valence-electron chi connectivity index (χ2n) is 8.32. The number of nitrogens with one attached hydrogen (secondary N) is 2. The molecule has 8 heteroatoms. The molecule has 2 spiro atoms. The minimum atomic E-state index is -1.29. The zero-order valence-electron chi connectivity index (χ0n) is 15.8. The summed E-state index contributed by atoms with van der Waals surface area (Å²) in [7, 11) is 0. The third-order valence-corrected chi connectivity index (χ3v) is 7.57. The monoisotopic (exact) mass is 448 g/mol. The molecule has 0 unspecified atom stereocenters. The number of amides is 1. The van der Waals surface area contributed by atoms with Crippen LogP contribution < -0.4 is 10.6 Å². The number of hydrogen-bond donors (Lipinski definition) is 3. The maximum absolute atomic E-state index is 15.3. The molecule has 2 aromatic carbocycles. The van der Waals surface area contributed by atoms with Crippen LogP contribution in [0.1, 0.15) is 42.7 Å². The summed E-state index contributed by atoms with van der Waals surface area (Å²) in [4.78, 5) is 26.1. The highest BCUT2D eigenvalue weighted by Crippen LogP contribution is 2.63. The van der Waals surface area contributed by atoms with Gasteiger partial charge in [0.25, 0.3) is 0 Å². The number of aliphatic carboxylic acids is 1. The maximum Gasteiger partial charge on any atom is 0.321 e. The normalized spacial score (nSPS) is 28.8. The highest BCUT2D eigenvalue weighted by molar-refractivity contribution is 6.31. The van der Waals surface area contributed by atoms with Crippen LogP contribution in [-0.2, 0) is 15.0 Å². The van der Waals surface area contributed by atoms with Crippen LogP contribution in [0.25, 0.3) is 0 Å². The summed E-state index contributed by atoms with van der Waals surface area (Å²) in [5, 5.41) is 16.6. The number of carbonyl (C=O) groups excluding carboxylic acids is 1. The van der Waals surface area contributed by atoms with Crippen molar-refractivity contribution in [1.29, 1.82) is 0 Å². The first-order valence-corrected chi connectivity index (χ1v) is 10.6. The molecule has 30 heavy (non-hydrogen) atoms. The summed E-state index contributed by atoms with van der Waals surface area (Å²) in [6.07, 6.45) is 2.93. The third kappa shape index (κ3) is 2.38. The Labute approximate surface area is 182 Å². The topological polar surface area (TPSA) is 78.4 Å². The summed E-state index contributed by atoms with van der Waals surface area (Å²) < 4.78 is 15.3. The predicted molar refractivity (Wildman–Crippen MR) is 112 cm³/mol. The molecule has 2 heterocycles. The van der Waals surface area contributed by atoms with Gasteiger partial charge in [-0.05, 0) is 42.2 Å². The van der Waals surface area contributed by atoms with Crippen molar-refractivity contribution in [3.05, 3.63) is 63.4 Å². The molecule has 2 aliphatic heterocycles. The summed E-state index contributed by atoms with van der Waals surface area (Å²) in [5.41, 5.74) is -0.779. The fraction of sp³-hybridized carbons (Fsp3) is 0.364. The highest BCUT2D eigenvalue weighted by atomic mass is 35.5. The molecule has 2 fully saturated rings. The average Bonchev–Trinajstić information content (AvgIpc) is 3.36. The van der Waals surface area contributed by atoms with Crippen molar-refractivity contribution in [3.63, 3.8) is 0 Å². The first kappa shape index (κ1) is 19.8. The number of fused-ring (bicyclic) bond motifs is 3. The Morgan fingerprint density at radius 1 is 1.17 bits per heavy atom. The van der Waals surface area contributed by atoms with Gasteiger partial charge in [0.2, 0.25) is 5.91 Å². The molecule has 0 radical (unpaired) electrons. The van der Waals surface area contributed by atoms with Gasteiger partial charge in [0, 0.05) is 22.2 Å². The second-order valence-corrected chi connectivity index (χ2v) is 9.17. The lowest BCUT2D eigenvalue weighted by atomic mass is 9.58. The van der Waals surface area contributed by atoms with E-state index in [9.17, 15) is 14.7 Å². The van der Waals surface area contributed by atoms with E-state index in [0.717, 1.165) is 12.8 Å². The molecular weight excluding hydrogens is 430 g/mol. The van der Waals surface area contributed by atoms with Crippen molar-refractivity contribution in [2.24, 2.45) is 0 Å². The quantitative estimate of drug-likeness (QED) is 0.632. The second kappa shape index (κ2) is 6.67. The van der Waals surface area contributed by atoms with E-state index in [1.165, 1.54) is 12.1 Å². The maximum atomic E-state index is 15.3. The van der Waals surface area contributed by atoms with Gasteiger partial charge >= 0.3 is 5.97 Å². The number of hydrogen-bond acceptors (Lipinski definition) is 3. The molecule has 1 amide bonds. The summed E-state index contributed by atoms with van der Waals surface area (Å²) >= 11 is 12.2. The van der Waals surface area contributed by atoms with Gasteiger partial charge in [-0.15, -0.1) is 0 Å². The Morgan fingerprint density at radius 2 is 1.90 bits per heavy atom. The SMILES string of the molecule is O=C(O)[C@@H]1NC2(CCCC2)[C@@]2(C(=O)Nc3cc(Cl)ccc32)[C@H]1c1cccc(Cl)c1F. The minimum absolute atomic E-state index is 0.103. The van der Waals surface area contributed by atoms with Crippen molar-refractivity contribution in [2.45, 2.75) is 48.6 Å². The van der Waals surface area contributed by atoms with Gasteiger partial charge in [0.15, 0.2) is 0 Å². The Balaban J connectivity index is 1.86. The molecule has 1 saturated carbocycles. The fourth-order valence-electron chi connectivity index (χ4n) is 6.03. The molecule has 156 valence electrons. The Morgan fingerprint density at radius 3 is 2.60 bits per heavy atom. The largest absolute Gasteiger partial charge is 0.480 e. The molecule has 5 rings (SSSR count). The van der Waals surface area contributed by atoms with E-state index in [1.54, 1.807) is 24.3 Å². The number of rotatable bonds is 2. The number of carboxylic acid groups (broad SMARTS) is 1. The lowest BCUT2D eigenvalue weighted by Gasteiger charge is -2.42. The molecule has 0 bridgehead atoms. The Kier molecular flexibility index (Phi) is 4.40. The number of anilines is 1. The zero-order chi connectivity index (χ0) is 21.3.